The van der Waals surface area contributed by atoms with Crippen LogP contribution in [0.3, 0.4) is 0 Å². The number of carbonyl (C=O) groups excluding carboxylic acids is 1. The van der Waals surface area contributed by atoms with Crippen LogP contribution in [0.2, 0.25) is 0 Å². The van der Waals surface area contributed by atoms with Gasteiger partial charge in [0.05, 0.1) is 5.41 Å². The molecule has 0 saturated heterocycles. The van der Waals surface area contributed by atoms with Crippen LogP contribution in [0.1, 0.15) is 34.1 Å². The number of hydrogen-bond donors (Lipinski definition) is 2. The number of carboxylic acids is 1. The molecule has 0 radical (unpaired) electrons. The first-order valence-corrected chi connectivity index (χ1v) is 4.76. The maximum absolute atomic E-state index is 11.0. The summed E-state index contributed by atoms with van der Waals surface area (Å²) in [5, 5.41) is 11.6. The van der Waals surface area contributed by atoms with Gasteiger partial charge in [-0.3, -0.25) is 9.59 Å². The smallest absolute Gasteiger partial charge is 0.311 e. The lowest BCUT2D eigenvalue weighted by Gasteiger charge is -2.26. The molecule has 0 spiro atoms. The van der Waals surface area contributed by atoms with E-state index in [0.717, 1.165) is 0 Å². The largest absolute Gasteiger partial charge is 0.481 e. The minimum absolute atomic E-state index is 0.190. The summed E-state index contributed by atoms with van der Waals surface area (Å²) in [6.07, 6.45) is 0.558. The van der Waals surface area contributed by atoms with E-state index in [-0.39, 0.29) is 12.5 Å². The highest BCUT2D eigenvalue weighted by molar-refractivity contribution is 5.77. The van der Waals surface area contributed by atoms with Crippen molar-refractivity contribution in [2.75, 3.05) is 6.54 Å². The summed E-state index contributed by atoms with van der Waals surface area (Å²) in [6.45, 7) is 7.17. The second-order valence-electron chi connectivity index (χ2n) is 4.37. The van der Waals surface area contributed by atoms with Gasteiger partial charge in [0.15, 0.2) is 0 Å². The Morgan fingerprint density at radius 3 is 2.21 bits per heavy atom. The third kappa shape index (κ3) is 4.25. The van der Waals surface area contributed by atoms with Crippen LogP contribution in [0.25, 0.3) is 0 Å². The average Bonchev–Trinajstić information content (AvgIpc) is 1.99. The summed E-state index contributed by atoms with van der Waals surface area (Å²) < 4.78 is 0. The van der Waals surface area contributed by atoms with Gasteiger partial charge in [-0.1, -0.05) is 13.8 Å². The molecule has 82 valence electrons. The molecule has 0 saturated carbocycles. The van der Waals surface area contributed by atoms with Crippen LogP contribution in [-0.2, 0) is 9.59 Å². The fraction of sp³-hybridized carbons (Fsp3) is 0.800. The lowest BCUT2D eigenvalue weighted by molar-refractivity contribution is -0.148. The zero-order valence-corrected chi connectivity index (χ0v) is 9.26. The standard InChI is InChI=1S/C10H19NO3/c1-7(2)5-10(4,9(13)14)6-11-8(3)12/h7H,5-6H2,1-4H3,(H,11,12)(H,13,14). The van der Waals surface area contributed by atoms with Gasteiger partial charge in [0.2, 0.25) is 5.91 Å². The predicted molar refractivity (Wildman–Crippen MR) is 53.9 cm³/mol. The Morgan fingerprint density at radius 1 is 1.43 bits per heavy atom. The van der Waals surface area contributed by atoms with Crippen molar-refractivity contribution in [1.29, 1.82) is 0 Å². The van der Waals surface area contributed by atoms with Crippen molar-refractivity contribution in [1.82, 2.24) is 5.32 Å². The molecule has 0 aromatic rings. The second kappa shape index (κ2) is 4.98. The van der Waals surface area contributed by atoms with E-state index in [1.807, 2.05) is 13.8 Å². The van der Waals surface area contributed by atoms with Crippen LogP contribution < -0.4 is 5.32 Å². The number of carboxylic acid groups (broad SMARTS) is 1. The van der Waals surface area contributed by atoms with Gasteiger partial charge >= 0.3 is 5.97 Å². The van der Waals surface area contributed by atoms with Crippen LogP contribution in [0.5, 0.6) is 0 Å². The van der Waals surface area contributed by atoms with Gasteiger partial charge in [-0.2, -0.15) is 0 Å². The Balaban J connectivity index is 4.39. The van der Waals surface area contributed by atoms with Crippen molar-refractivity contribution in [2.24, 2.45) is 11.3 Å². The average molecular weight is 201 g/mol. The molecule has 0 heterocycles. The molecule has 0 aliphatic carbocycles. The maximum atomic E-state index is 11.0. The molecule has 14 heavy (non-hydrogen) atoms. The van der Waals surface area contributed by atoms with E-state index in [4.69, 9.17) is 5.11 Å². The summed E-state index contributed by atoms with van der Waals surface area (Å²) in [4.78, 5) is 21.7. The molecule has 0 rings (SSSR count). The Labute approximate surface area is 84.7 Å². The van der Waals surface area contributed by atoms with Crippen molar-refractivity contribution >= 4 is 11.9 Å². The van der Waals surface area contributed by atoms with Crippen LogP contribution in [-0.4, -0.2) is 23.5 Å². The summed E-state index contributed by atoms with van der Waals surface area (Å²) in [7, 11) is 0. The summed E-state index contributed by atoms with van der Waals surface area (Å²) in [5.74, 6) is -0.758. The molecule has 0 aliphatic rings. The normalized spacial score (nSPS) is 14.9. The van der Waals surface area contributed by atoms with Gasteiger partial charge < -0.3 is 10.4 Å². The van der Waals surface area contributed by atoms with Crippen LogP contribution in [0.4, 0.5) is 0 Å². The van der Waals surface area contributed by atoms with Crippen molar-refractivity contribution in [3.8, 4) is 0 Å². The topological polar surface area (TPSA) is 66.4 Å². The van der Waals surface area contributed by atoms with E-state index in [0.29, 0.717) is 12.3 Å². The van der Waals surface area contributed by atoms with Crippen molar-refractivity contribution in [2.45, 2.75) is 34.1 Å². The second-order valence-corrected chi connectivity index (χ2v) is 4.37. The van der Waals surface area contributed by atoms with E-state index >= 15 is 0 Å². The van der Waals surface area contributed by atoms with Gasteiger partial charge in [-0.05, 0) is 19.3 Å². The lowest BCUT2D eigenvalue weighted by Crippen LogP contribution is -2.41. The molecule has 4 heteroatoms. The highest BCUT2D eigenvalue weighted by Crippen LogP contribution is 2.25. The number of hydrogen-bond acceptors (Lipinski definition) is 2. The van der Waals surface area contributed by atoms with Crippen molar-refractivity contribution in [3.05, 3.63) is 0 Å². The Kier molecular flexibility index (Phi) is 4.60. The zero-order chi connectivity index (χ0) is 11.4. The maximum Gasteiger partial charge on any atom is 0.311 e. The minimum atomic E-state index is -0.861. The van der Waals surface area contributed by atoms with Crippen LogP contribution >= 0.6 is 0 Å². The number of aliphatic carboxylic acids is 1. The van der Waals surface area contributed by atoms with Crippen molar-refractivity contribution < 1.29 is 14.7 Å². The number of carbonyl (C=O) groups is 2. The molecule has 0 aromatic carbocycles. The van der Waals surface area contributed by atoms with E-state index in [1.54, 1.807) is 6.92 Å². The minimum Gasteiger partial charge on any atom is -0.481 e. The number of rotatable bonds is 5. The van der Waals surface area contributed by atoms with Crippen LogP contribution in [0.15, 0.2) is 0 Å². The molecule has 1 unspecified atom stereocenters. The summed E-state index contributed by atoms with van der Waals surface area (Å²) in [5.41, 5.74) is -0.861. The Bertz CT molecular complexity index is 225. The zero-order valence-electron chi connectivity index (χ0n) is 9.26. The van der Waals surface area contributed by atoms with Gasteiger partial charge in [-0.15, -0.1) is 0 Å². The van der Waals surface area contributed by atoms with Gasteiger partial charge in [0, 0.05) is 13.5 Å². The van der Waals surface area contributed by atoms with E-state index < -0.39 is 11.4 Å². The molecule has 1 amide bonds. The Hall–Kier alpha value is -1.06. The number of amides is 1. The highest BCUT2D eigenvalue weighted by atomic mass is 16.4. The molecule has 1 atom stereocenters. The third-order valence-corrected chi connectivity index (χ3v) is 2.10. The fourth-order valence-corrected chi connectivity index (χ4v) is 1.46. The molecule has 2 N–H and O–H groups in total. The number of nitrogens with one attached hydrogen (secondary N) is 1. The van der Waals surface area contributed by atoms with Crippen LogP contribution in [0, 0.1) is 11.3 Å². The molecule has 0 aromatic heterocycles. The van der Waals surface area contributed by atoms with Gasteiger partial charge in [0.25, 0.3) is 0 Å². The molecule has 0 bridgehead atoms. The predicted octanol–water partition coefficient (Wildman–Crippen LogP) is 1.26. The van der Waals surface area contributed by atoms with E-state index in [9.17, 15) is 9.59 Å². The van der Waals surface area contributed by atoms with E-state index in [2.05, 4.69) is 5.32 Å². The third-order valence-electron chi connectivity index (χ3n) is 2.10. The highest BCUT2D eigenvalue weighted by Gasteiger charge is 2.33. The first-order chi connectivity index (χ1) is 6.28. The molecule has 0 fully saturated rings. The summed E-state index contributed by atoms with van der Waals surface area (Å²) in [6, 6.07) is 0. The molecular formula is C10H19NO3. The van der Waals surface area contributed by atoms with E-state index in [1.165, 1.54) is 6.92 Å². The lowest BCUT2D eigenvalue weighted by atomic mass is 9.82. The monoisotopic (exact) mass is 201 g/mol. The Morgan fingerprint density at radius 2 is 1.93 bits per heavy atom. The quantitative estimate of drug-likeness (QED) is 0.703. The SMILES string of the molecule is CC(=O)NCC(C)(CC(C)C)C(=O)O. The van der Waals surface area contributed by atoms with Crippen molar-refractivity contribution in [3.63, 3.8) is 0 Å². The molecule has 0 aliphatic heterocycles. The molecular weight excluding hydrogens is 182 g/mol. The fourth-order valence-electron chi connectivity index (χ4n) is 1.46. The summed E-state index contributed by atoms with van der Waals surface area (Å²) >= 11 is 0. The van der Waals surface area contributed by atoms with Gasteiger partial charge in [0.1, 0.15) is 0 Å². The molecule has 4 nitrogen and oxygen atoms in total. The van der Waals surface area contributed by atoms with Gasteiger partial charge in [-0.25, -0.2) is 0 Å². The first-order valence-electron chi connectivity index (χ1n) is 4.76. The first kappa shape index (κ1) is 12.9.